The van der Waals surface area contributed by atoms with E-state index in [9.17, 15) is 4.79 Å². The van der Waals surface area contributed by atoms with Crippen LogP contribution in [0.1, 0.15) is 0 Å². The summed E-state index contributed by atoms with van der Waals surface area (Å²) in [7, 11) is 1.57. The number of thioether (sulfide) groups is 1. The van der Waals surface area contributed by atoms with Gasteiger partial charge in [0.05, 0.1) is 24.0 Å². The zero-order valence-electron chi connectivity index (χ0n) is 9.44. The topological polar surface area (TPSA) is 47.6 Å². The molecule has 0 bridgehead atoms. The number of halogens is 1. The lowest BCUT2D eigenvalue weighted by Gasteiger charge is -2.06. The smallest absolute Gasteiger partial charge is 0.253 e. The average Bonchev–Trinajstić information content (AvgIpc) is 2.34. The maximum Gasteiger partial charge on any atom is 0.253 e. The Labute approximate surface area is 110 Å². The second-order valence-corrected chi connectivity index (χ2v) is 4.51. The van der Waals surface area contributed by atoms with Crippen LogP contribution >= 0.6 is 23.4 Å². The number of nitrogens with one attached hydrogen (secondary N) is 1. The van der Waals surface area contributed by atoms with Crippen LogP contribution in [0.4, 0.5) is 0 Å². The van der Waals surface area contributed by atoms with E-state index in [2.05, 4.69) is 5.48 Å². The Morgan fingerprint density at radius 1 is 1.41 bits per heavy atom. The lowest BCUT2D eigenvalue weighted by Crippen LogP contribution is -2.26. The van der Waals surface area contributed by atoms with Gasteiger partial charge in [0.25, 0.3) is 5.91 Å². The molecule has 6 heteroatoms. The van der Waals surface area contributed by atoms with E-state index in [-0.39, 0.29) is 11.7 Å². The maximum atomic E-state index is 11.3. The first-order valence-corrected chi connectivity index (χ1v) is 6.37. The zero-order valence-corrected chi connectivity index (χ0v) is 11.0. The normalized spacial score (nSPS) is 10.2. The van der Waals surface area contributed by atoms with Crippen molar-refractivity contribution in [2.45, 2.75) is 4.90 Å². The van der Waals surface area contributed by atoms with Gasteiger partial charge in [0.15, 0.2) is 0 Å². The highest BCUT2D eigenvalue weighted by atomic mass is 35.5. The molecule has 1 N–H and O–H groups in total. The van der Waals surface area contributed by atoms with Gasteiger partial charge in [0.1, 0.15) is 0 Å². The molecule has 0 saturated carbocycles. The number of hydrogen-bond acceptors (Lipinski definition) is 4. The van der Waals surface area contributed by atoms with Gasteiger partial charge in [-0.15, -0.1) is 11.8 Å². The van der Waals surface area contributed by atoms with E-state index in [0.717, 1.165) is 4.90 Å². The number of carbonyl (C=O) groups excluding carboxylic acids is 1. The monoisotopic (exact) mass is 275 g/mol. The molecule has 0 unspecified atom stereocenters. The predicted octanol–water partition coefficient (Wildman–Crippen LogP) is 2.13. The van der Waals surface area contributed by atoms with Gasteiger partial charge in [0.2, 0.25) is 0 Å². The lowest BCUT2D eigenvalue weighted by atomic mass is 10.4. The van der Waals surface area contributed by atoms with Crippen LogP contribution < -0.4 is 5.48 Å². The van der Waals surface area contributed by atoms with Crippen LogP contribution in [-0.2, 0) is 14.4 Å². The van der Waals surface area contributed by atoms with E-state index >= 15 is 0 Å². The molecule has 0 aromatic heterocycles. The number of amides is 1. The van der Waals surface area contributed by atoms with E-state index < -0.39 is 0 Å². The minimum atomic E-state index is -0.203. The van der Waals surface area contributed by atoms with Crippen molar-refractivity contribution >= 4 is 29.3 Å². The van der Waals surface area contributed by atoms with Crippen molar-refractivity contribution in [1.29, 1.82) is 0 Å². The van der Waals surface area contributed by atoms with Crippen molar-refractivity contribution in [3.05, 3.63) is 29.3 Å². The molecule has 0 heterocycles. The molecule has 94 valence electrons. The Kier molecular flexibility index (Phi) is 7.04. The molecule has 1 aromatic rings. The van der Waals surface area contributed by atoms with Crippen LogP contribution in [0.3, 0.4) is 0 Å². The number of rotatable bonds is 7. The molecule has 0 fully saturated rings. The molecule has 1 rings (SSSR count). The minimum Gasteiger partial charge on any atom is -0.382 e. The Balaban J connectivity index is 2.22. The van der Waals surface area contributed by atoms with Crippen LogP contribution in [0.2, 0.25) is 5.02 Å². The van der Waals surface area contributed by atoms with Crippen molar-refractivity contribution < 1.29 is 14.4 Å². The summed E-state index contributed by atoms with van der Waals surface area (Å²) in [4.78, 5) is 17.1. The summed E-state index contributed by atoms with van der Waals surface area (Å²) < 4.78 is 4.77. The molecule has 0 atom stereocenters. The third-order valence-corrected chi connectivity index (χ3v) is 3.29. The van der Waals surface area contributed by atoms with Crippen LogP contribution in [0.15, 0.2) is 29.2 Å². The van der Waals surface area contributed by atoms with E-state index in [1.165, 1.54) is 11.8 Å². The number of ether oxygens (including phenoxy) is 1. The van der Waals surface area contributed by atoms with Crippen LogP contribution in [-0.4, -0.2) is 32.0 Å². The number of hydroxylamine groups is 1. The van der Waals surface area contributed by atoms with Crippen LogP contribution in [0.5, 0.6) is 0 Å². The summed E-state index contributed by atoms with van der Waals surface area (Å²) in [6, 6.07) is 7.38. The van der Waals surface area contributed by atoms with Gasteiger partial charge in [0, 0.05) is 12.0 Å². The first kappa shape index (κ1) is 14.3. The Morgan fingerprint density at radius 3 is 2.88 bits per heavy atom. The van der Waals surface area contributed by atoms with Gasteiger partial charge in [-0.2, -0.15) is 0 Å². The number of hydrogen-bond donors (Lipinski definition) is 1. The third kappa shape index (κ3) is 5.93. The van der Waals surface area contributed by atoms with Crippen molar-refractivity contribution in [3.63, 3.8) is 0 Å². The number of carbonyl (C=O) groups is 1. The van der Waals surface area contributed by atoms with Crippen molar-refractivity contribution in [3.8, 4) is 0 Å². The molecule has 1 aromatic carbocycles. The summed E-state index contributed by atoms with van der Waals surface area (Å²) in [6.45, 7) is 0.775. The van der Waals surface area contributed by atoms with Gasteiger partial charge in [-0.3, -0.25) is 9.63 Å². The molecule has 17 heavy (non-hydrogen) atoms. The second kappa shape index (κ2) is 8.36. The highest BCUT2D eigenvalue weighted by Gasteiger charge is 2.05. The maximum absolute atomic E-state index is 11.3. The summed E-state index contributed by atoms with van der Waals surface area (Å²) >= 11 is 7.32. The standard InChI is InChI=1S/C11H14ClNO3S/c1-15-6-7-16-13-11(14)8-17-10-5-3-2-4-9(10)12/h2-5H,6-8H2,1H3,(H,13,14). The van der Waals surface area contributed by atoms with Gasteiger partial charge in [-0.1, -0.05) is 23.7 Å². The number of benzene rings is 1. The van der Waals surface area contributed by atoms with Crippen LogP contribution in [0, 0.1) is 0 Å². The van der Waals surface area contributed by atoms with E-state index in [0.29, 0.717) is 18.2 Å². The zero-order chi connectivity index (χ0) is 12.5. The van der Waals surface area contributed by atoms with Gasteiger partial charge in [-0.25, -0.2) is 5.48 Å². The molecule has 0 saturated heterocycles. The molecule has 0 spiro atoms. The summed E-state index contributed by atoms with van der Waals surface area (Å²) in [5.74, 6) is 0.0579. The van der Waals surface area contributed by atoms with E-state index in [4.69, 9.17) is 21.2 Å². The summed E-state index contributed by atoms with van der Waals surface area (Å²) in [5, 5.41) is 0.644. The second-order valence-electron chi connectivity index (χ2n) is 3.09. The van der Waals surface area contributed by atoms with Gasteiger partial charge >= 0.3 is 0 Å². The molecule has 0 aliphatic rings. The third-order valence-electron chi connectivity index (χ3n) is 1.77. The fourth-order valence-electron chi connectivity index (χ4n) is 0.991. The largest absolute Gasteiger partial charge is 0.382 e. The highest BCUT2D eigenvalue weighted by Crippen LogP contribution is 2.26. The SMILES string of the molecule is COCCONC(=O)CSc1ccccc1Cl. The minimum absolute atomic E-state index is 0.203. The molecular formula is C11H14ClNO3S. The van der Waals surface area contributed by atoms with Crippen molar-refractivity contribution in [1.82, 2.24) is 5.48 Å². The highest BCUT2D eigenvalue weighted by molar-refractivity contribution is 8.00. The Hall–Kier alpha value is -0.750. The fraction of sp³-hybridized carbons (Fsp3) is 0.364. The quantitative estimate of drug-likeness (QED) is 0.470. The molecule has 0 radical (unpaired) electrons. The average molecular weight is 276 g/mol. The molecule has 4 nitrogen and oxygen atoms in total. The summed E-state index contributed by atoms with van der Waals surface area (Å²) in [5.41, 5.74) is 2.32. The fourth-order valence-corrected chi connectivity index (χ4v) is 2.02. The Bertz CT molecular complexity index is 362. The summed E-state index contributed by atoms with van der Waals surface area (Å²) in [6.07, 6.45) is 0. The number of methoxy groups -OCH3 is 1. The van der Waals surface area contributed by atoms with Crippen molar-refractivity contribution in [2.75, 3.05) is 26.1 Å². The van der Waals surface area contributed by atoms with Gasteiger partial charge in [-0.05, 0) is 12.1 Å². The predicted molar refractivity (Wildman–Crippen MR) is 68.1 cm³/mol. The molecular weight excluding hydrogens is 262 g/mol. The van der Waals surface area contributed by atoms with Crippen molar-refractivity contribution in [2.24, 2.45) is 0 Å². The Morgan fingerprint density at radius 2 is 2.18 bits per heavy atom. The molecule has 1 amide bonds. The van der Waals surface area contributed by atoms with Gasteiger partial charge < -0.3 is 4.74 Å². The van der Waals surface area contributed by atoms with E-state index in [1.54, 1.807) is 13.2 Å². The molecule has 0 aliphatic heterocycles. The van der Waals surface area contributed by atoms with E-state index in [1.807, 2.05) is 18.2 Å². The molecule has 0 aliphatic carbocycles. The first-order valence-electron chi connectivity index (χ1n) is 5.01. The lowest BCUT2D eigenvalue weighted by molar-refractivity contribution is -0.131. The first-order chi connectivity index (χ1) is 8.24. The van der Waals surface area contributed by atoms with Crippen LogP contribution in [0.25, 0.3) is 0 Å².